The lowest BCUT2D eigenvalue weighted by molar-refractivity contribution is 0.123. The maximum Gasteiger partial charge on any atom is 0.323 e. The highest BCUT2D eigenvalue weighted by Crippen LogP contribution is 2.26. The summed E-state index contributed by atoms with van der Waals surface area (Å²) in [5.74, 6) is 0. The lowest BCUT2D eigenvalue weighted by Gasteiger charge is -2.30. The number of carbonyl (C=O) groups is 1. The Labute approximate surface area is 141 Å². The Balaban J connectivity index is 1.61. The van der Waals surface area contributed by atoms with E-state index >= 15 is 0 Å². The molecule has 124 valence electrons. The van der Waals surface area contributed by atoms with Crippen molar-refractivity contribution >= 4 is 23.5 Å². The molecule has 3 rings (SSSR count). The highest BCUT2D eigenvalue weighted by molar-refractivity contribution is 5.94. The highest BCUT2D eigenvalue weighted by atomic mass is 16.5. The van der Waals surface area contributed by atoms with E-state index in [-0.39, 0.29) is 6.03 Å². The number of morpholine rings is 1. The smallest absolute Gasteiger partial charge is 0.323 e. The van der Waals surface area contributed by atoms with Crippen LogP contribution in [0.1, 0.15) is 5.56 Å². The molecule has 5 nitrogen and oxygen atoms in total. The third kappa shape index (κ3) is 4.36. The van der Waals surface area contributed by atoms with Crippen molar-refractivity contribution in [1.82, 2.24) is 5.32 Å². The van der Waals surface area contributed by atoms with Gasteiger partial charge in [0.1, 0.15) is 0 Å². The third-order valence-corrected chi connectivity index (χ3v) is 3.79. The van der Waals surface area contributed by atoms with Crippen LogP contribution >= 0.6 is 0 Å². The van der Waals surface area contributed by atoms with Crippen LogP contribution in [0, 0.1) is 0 Å². The summed E-state index contributed by atoms with van der Waals surface area (Å²) in [5, 5.41) is 5.65. The van der Waals surface area contributed by atoms with Gasteiger partial charge in [0.15, 0.2) is 0 Å². The van der Waals surface area contributed by atoms with Crippen LogP contribution in [0.15, 0.2) is 60.8 Å². The van der Waals surface area contributed by atoms with E-state index < -0.39 is 0 Å². The predicted molar refractivity (Wildman–Crippen MR) is 97.1 cm³/mol. The van der Waals surface area contributed by atoms with E-state index in [0.717, 1.165) is 30.0 Å². The monoisotopic (exact) mass is 323 g/mol. The van der Waals surface area contributed by atoms with Crippen LogP contribution < -0.4 is 15.5 Å². The van der Waals surface area contributed by atoms with Crippen molar-refractivity contribution in [3.8, 4) is 0 Å². The molecule has 5 heteroatoms. The fourth-order valence-corrected chi connectivity index (χ4v) is 2.60. The van der Waals surface area contributed by atoms with Gasteiger partial charge in [0.05, 0.1) is 24.6 Å². The molecular formula is C19H21N3O2. The van der Waals surface area contributed by atoms with Crippen molar-refractivity contribution < 1.29 is 9.53 Å². The number of amides is 2. The van der Waals surface area contributed by atoms with E-state index in [2.05, 4.69) is 15.5 Å². The first-order valence-electron chi connectivity index (χ1n) is 8.04. The number of para-hydroxylation sites is 2. The van der Waals surface area contributed by atoms with Gasteiger partial charge in [0.25, 0.3) is 0 Å². The molecule has 0 aliphatic carbocycles. The summed E-state index contributed by atoms with van der Waals surface area (Å²) in [6.07, 6.45) is 3.50. The first kappa shape index (κ1) is 16.1. The molecule has 1 aliphatic rings. The number of anilines is 2. The number of hydrogen-bond donors (Lipinski definition) is 2. The standard InChI is InChI=1S/C19H21N3O2/c23-19(20-11-10-16-6-2-1-3-7-16)21-17-8-4-5-9-18(17)22-12-14-24-15-13-22/h1-11H,12-15H2,(H2,20,21,23)/b11-10+. The van der Waals surface area contributed by atoms with Crippen LogP contribution in [0.4, 0.5) is 16.2 Å². The number of rotatable bonds is 4. The fraction of sp³-hybridized carbons (Fsp3) is 0.211. The Morgan fingerprint density at radius 1 is 1.00 bits per heavy atom. The molecule has 2 aromatic carbocycles. The van der Waals surface area contributed by atoms with E-state index in [1.165, 1.54) is 0 Å². The number of nitrogens with zero attached hydrogens (tertiary/aromatic N) is 1. The number of carbonyl (C=O) groups excluding carboxylic acids is 1. The second-order valence-corrected chi connectivity index (χ2v) is 5.46. The van der Waals surface area contributed by atoms with Crippen molar-refractivity contribution in [1.29, 1.82) is 0 Å². The minimum atomic E-state index is -0.261. The summed E-state index contributed by atoms with van der Waals surface area (Å²) < 4.78 is 5.39. The van der Waals surface area contributed by atoms with Crippen LogP contribution in [0.2, 0.25) is 0 Å². The number of ether oxygens (including phenoxy) is 1. The van der Waals surface area contributed by atoms with Gasteiger partial charge in [-0.1, -0.05) is 42.5 Å². The first-order chi connectivity index (χ1) is 11.8. The van der Waals surface area contributed by atoms with Crippen molar-refractivity contribution in [3.05, 3.63) is 66.4 Å². The van der Waals surface area contributed by atoms with Crippen LogP contribution in [0.25, 0.3) is 6.08 Å². The maximum atomic E-state index is 12.1. The van der Waals surface area contributed by atoms with Crippen molar-refractivity contribution in [2.45, 2.75) is 0 Å². The van der Waals surface area contributed by atoms with Crippen LogP contribution in [0.3, 0.4) is 0 Å². The first-order valence-corrected chi connectivity index (χ1v) is 8.04. The zero-order chi connectivity index (χ0) is 16.6. The minimum Gasteiger partial charge on any atom is -0.378 e. The number of nitrogens with one attached hydrogen (secondary N) is 2. The molecule has 0 atom stereocenters. The zero-order valence-electron chi connectivity index (χ0n) is 13.4. The van der Waals surface area contributed by atoms with E-state index in [9.17, 15) is 4.79 Å². The van der Waals surface area contributed by atoms with Crippen molar-refractivity contribution in [2.24, 2.45) is 0 Å². The van der Waals surface area contributed by atoms with Gasteiger partial charge in [0, 0.05) is 19.3 Å². The molecule has 2 N–H and O–H groups in total. The van der Waals surface area contributed by atoms with Gasteiger partial charge >= 0.3 is 6.03 Å². The summed E-state index contributed by atoms with van der Waals surface area (Å²) in [6, 6.07) is 17.4. The summed E-state index contributed by atoms with van der Waals surface area (Å²) in [4.78, 5) is 14.3. The molecule has 0 aromatic heterocycles. The quantitative estimate of drug-likeness (QED) is 0.907. The molecule has 2 amide bonds. The summed E-state index contributed by atoms with van der Waals surface area (Å²) >= 11 is 0. The highest BCUT2D eigenvalue weighted by Gasteiger charge is 2.15. The van der Waals surface area contributed by atoms with Gasteiger partial charge in [-0.15, -0.1) is 0 Å². The topological polar surface area (TPSA) is 53.6 Å². The molecule has 0 bridgehead atoms. The van der Waals surface area contributed by atoms with E-state index in [4.69, 9.17) is 4.74 Å². The van der Waals surface area contributed by atoms with Crippen LogP contribution in [0.5, 0.6) is 0 Å². The van der Waals surface area contributed by atoms with Gasteiger partial charge in [-0.25, -0.2) is 4.79 Å². The molecule has 1 aliphatic heterocycles. The molecule has 0 radical (unpaired) electrons. The second kappa shape index (κ2) is 8.17. The number of hydrogen-bond acceptors (Lipinski definition) is 3. The van der Waals surface area contributed by atoms with Gasteiger partial charge in [0.2, 0.25) is 0 Å². The molecular weight excluding hydrogens is 302 g/mol. The van der Waals surface area contributed by atoms with E-state index in [1.54, 1.807) is 6.20 Å². The number of urea groups is 1. The maximum absolute atomic E-state index is 12.1. The Bertz CT molecular complexity index is 695. The van der Waals surface area contributed by atoms with Crippen molar-refractivity contribution in [2.75, 3.05) is 36.5 Å². The Morgan fingerprint density at radius 3 is 2.50 bits per heavy atom. The van der Waals surface area contributed by atoms with E-state index in [1.807, 2.05) is 60.7 Å². The Morgan fingerprint density at radius 2 is 1.71 bits per heavy atom. The Hall–Kier alpha value is -2.79. The summed E-state index contributed by atoms with van der Waals surface area (Å²) in [6.45, 7) is 3.07. The van der Waals surface area contributed by atoms with E-state index in [0.29, 0.717) is 13.2 Å². The van der Waals surface area contributed by atoms with Gasteiger partial charge in [-0.05, 0) is 23.8 Å². The molecule has 1 saturated heterocycles. The molecule has 24 heavy (non-hydrogen) atoms. The molecule has 0 saturated carbocycles. The molecule has 2 aromatic rings. The van der Waals surface area contributed by atoms with Gasteiger partial charge in [-0.3, -0.25) is 0 Å². The average Bonchev–Trinajstić information content (AvgIpc) is 2.64. The van der Waals surface area contributed by atoms with Crippen LogP contribution in [-0.4, -0.2) is 32.3 Å². The largest absolute Gasteiger partial charge is 0.378 e. The summed E-state index contributed by atoms with van der Waals surface area (Å²) in [5.41, 5.74) is 2.85. The van der Waals surface area contributed by atoms with Crippen LogP contribution in [-0.2, 0) is 4.74 Å². The minimum absolute atomic E-state index is 0.261. The normalized spacial score (nSPS) is 14.6. The Kier molecular flexibility index (Phi) is 5.48. The van der Waals surface area contributed by atoms with Gasteiger partial charge in [-0.2, -0.15) is 0 Å². The molecule has 1 heterocycles. The SMILES string of the molecule is O=C(N/C=C/c1ccccc1)Nc1ccccc1N1CCOCC1. The zero-order valence-corrected chi connectivity index (χ0v) is 13.4. The number of benzene rings is 2. The molecule has 1 fully saturated rings. The molecule has 0 unspecified atom stereocenters. The van der Waals surface area contributed by atoms with Gasteiger partial charge < -0.3 is 20.3 Å². The van der Waals surface area contributed by atoms with Crippen molar-refractivity contribution in [3.63, 3.8) is 0 Å². The fourth-order valence-electron chi connectivity index (χ4n) is 2.60. The molecule has 0 spiro atoms. The third-order valence-electron chi connectivity index (χ3n) is 3.79. The average molecular weight is 323 g/mol. The predicted octanol–water partition coefficient (Wildman–Crippen LogP) is 3.32. The second-order valence-electron chi connectivity index (χ2n) is 5.46. The lowest BCUT2D eigenvalue weighted by Crippen LogP contribution is -2.37. The summed E-state index contributed by atoms with van der Waals surface area (Å²) in [7, 11) is 0. The lowest BCUT2D eigenvalue weighted by atomic mass is 10.2.